The van der Waals surface area contributed by atoms with Crippen molar-refractivity contribution >= 4 is 40.5 Å². The lowest BCUT2D eigenvalue weighted by Crippen LogP contribution is -2.41. The van der Waals surface area contributed by atoms with Crippen LogP contribution >= 0.6 is 11.8 Å². The summed E-state index contributed by atoms with van der Waals surface area (Å²) in [6.07, 6.45) is 1.88. The fraction of sp³-hybridized carbons (Fsp3) is 0.273. The number of rotatable bonds is 7. The Morgan fingerprint density at radius 3 is 2.79 bits per heavy atom. The minimum Gasteiger partial charge on any atom is -0.379 e. The number of fused-ring (bicyclic) bond motifs is 1. The third-order valence-corrected chi connectivity index (χ3v) is 6.01. The molecule has 1 aromatic carbocycles. The Kier molecular flexibility index (Phi) is 6.24. The lowest BCUT2D eigenvalue weighted by molar-refractivity contribution is -0.118. The second kappa shape index (κ2) is 9.61. The molecule has 1 fully saturated rings. The molecule has 11 heteroatoms. The highest BCUT2D eigenvalue weighted by atomic mass is 32.2. The molecule has 0 spiro atoms. The van der Waals surface area contributed by atoms with Gasteiger partial charge in [0.25, 0.3) is 0 Å². The smallest absolute Gasteiger partial charge is 0.238 e. The summed E-state index contributed by atoms with van der Waals surface area (Å²) in [5.41, 5.74) is 2.58. The second-order valence-corrected chi connectivity index (χ2v) is 8.75. The molecule has 1 amide bonds. The number of aryl methyl sites for hydroxylation is 1. The van der Waals surface area contributed by atoms with Crippen molar-refractivity contribution < 1.29 is 9.53 Å². The highest BCUT2D eigenvalue weighted by Gasteiger charge is 2.15. The number of nitrogens with one attached hydrogen (secondary N) is 3. The molecule has 1 saturated heterocycles. The first-order valence-electron chi connectivity index (χ1n) is 10.6. The van der Waals surface area contributed by atoms with E-state index in [1.165, 1.54) is 11.8 Å². The lowest BCUT2D eigenvalue weighted by Gasteiger charge is -2.25. The zero-order chi connectivity index (χ0) is 22.6. The predicted octanol–water partition coefficient (Wildman–Crippen LogP) is 2.93. The number of carbonyl (C=O) groups excluding carboxylic acids is 1. The highest BCUT2D eigenvalue weighted by Crippen LogP contribution is 2.28. The van der Waals surface area contributed by atoms with Gasteiger partial charge in [-0.1, -0.05) is 0 Å². The molecule has 33 heavy (non-hydrogen) atoms. The molecule has 0 unspecified atom stereocenters. The van der Waals surface area contributed by atoms with Crippen LogP contribution in [-0.4, -0.2) is 68.5 Å². The van der Waals surface area contributed by atoms with E-state index in [-0.39, 0.29) is 5.91 Å². The third kappa shape index (κ3) is 5.33. The van der Waals surface area contributed by atoms with Crippen molar-refractivity contribution in [3.63, 3.8) is 0 Å². The van der Waals surface area contributed by atoms with E-state index >= 15 is 0 Å². The third-order valence-electron chi connectivity index (χ3n) is 5.14. The molecule has 170 valence electrons. The molecule has 0 radical (unpaired) electrons. The summed E-state index contributed by atoms with van der Waals surface area (Å²) in [5.74, 6) is 1.35. The maximum atomic E-state index is 12.3. The largest absolute Gasteiger partial charge is 0.379 e. The zero-order valence-corrected chi connectivity index (χ0v) is 18.9. The van der Waals surface area contributed by atoms with Crippen LogP contribution in [0.1, 0.15) is 5.69 Å². The standard InChI is InChI=1S/C22H24N8O2S/c1-15-13-19(27-26-15)24-21-18-3-2-8-30(18)28-22(25-21)33-17-6-4-16(5-7-17)23-20(31)14-29-9-11-32-12-10-29/h2-8,13H,9-12,14H2,1H3,(H,23,31)(H2,24,25,26,27,28). The van der Waals surface area contributed by atoms with Gasteiger partial charge in [-0.05, 0) is 55.1 Å². The van der Waals surface area contributed by atoms with Gasteiger partial charge < -0.3 is 15.4 Å². The van der Waals surface area contributed by atoms with Gasteiger partial charge in [0.15, 0.2) is 11.6 Å². The number of aromatic nitrogens is 5. The Balaban J connectivity index is 1.26. The van der Waals surface area contributed by atoms with E-state index in [2.05, 4.69) is 35.8 Å². The number of anilines is 3. The summed E-state index contributed by atoms with van der Waals surface area (Å²) in [4.78, 5) is 20.1. The molecule has 3 aromatic heterocycles. The van der Waals surface area contributed by atoms with Crippen molar-refractivity contribution in [1.29, 1.82) is 0 Å². The Labute approximate surface area is 194 Å². The van der Waals surface area contributed by atoms with E-state index in [1.54, 1.807) is 4.52 Å². The summed E-state index contributed by atoms with van der Waals surface area (Å²) in [7, 11) is 0. The molecule has 0 atom stereocenters. The first-order valence-corrected chi connectivity index (χ1v) is 11.5. The van der Waals surface area contributed by atoms with E-state index in [4.69, 9.17) is 4.74 Å². The summed E-state index contributed by atoms with van der Waals surface area (Å²) < 4.78 is 7.11. The fourth-order valence-corrected chi connectivity index (χ4v) is 4.28. The summed E-state index contributed by atoms with van der Waals surface area (Å²) in [5, 5.41) is 18.5. The molecule has 10 nitrogen and oxygen atoms in total. The van der Waals surface area contributed by atoms with Gasteiger partial charge in [-0.2, -0.15) is 5.10 Å². The van der Waals surface area contributed by atoms with E-state index in [0.717, 1.165) is 34.9 Å². The van der Waals surface area contributed by atoms with Crippen molar-refractivity contribution in [2.45, 2.75) is 17.0 Å². The number of hydrogen-bond donors (Lipinski definition) is 3. The van der Waals surface area contributed by atoms with Crippen LogP contribution in [0.5, 0.6) is 0 Å². The van der Waals surface area contributed by atoms with Gasteiger partial charge in [-0.25, -0.2) is 9.50 Å². The molecule has 4 heterocycles. The minimum absolute atomic E-state index is 0.0250. The molecule has 3 N–H and O–H groups in total. The molecule has 0 saturated carbocycles. The lowest BCUT2D eigenvalue weighted by atomic mass is 10.3. The van der Waals surface area contributed by atoms with Crippen LogP contribution in [0, 0.1) is 6.92 Å². The van der Waals surface area contributed by atoms with E-state index in [1.807, 2.05) is 55.6 Å². The average molecular weight is 465 g/mol. The van der Waals surface area contributed by atoms with Gasteiger partial charge >= 0.3 is 0 Å². The topological polar surface area (TPSA) is 112 Å². The molecular weight excluding hydrogens is 440 g/mol. The Hall–Kier alpha value is -3.41. The van der Waals surface area contributed by atoms with Crippen molar-refractivity contribution in [2.24, 2.45) is 0 Å². The maximum Gasteiger partial charge on any atom is 0.238 e. The van der Waals surface area contributed by atoms with Gasteiger partial charge in [0, 0.05) is 41.6 Å². The molecule has 4 aromatic rings. The van der Waals surface area contributed by atoms with Gasteiger partial charge in [0.2, 0.25) is 11.1 Å². The summed E-state index contributed by atoms with van der Waals surface area (Å²) in [6, 6.07) is 13.5. The number of ether oxygens (including phenoxy) is 1. The number of amides is 1. The van der Waals surface area contributed by atoms with E-state index < -0.39 is 0 Å². The zero-order valence-electron chi connectivity index (χ0n) is 18.1. The van der Waals surface area contributed by atoms with Crippen molar-refractivity contribution in [1.82, 2.24) is 29.7 Å². The van der Waals surface area contributed by atoms with Crippen LogP contribution < -0.4 is 10.6 Å². The normalized spacial score (nSPS) is 14.5. The highest BCUT2D eigenvalue weighted by molar-refractivity contribution is 7.99. The monoisotopic (exact) mass is 464 g/mol. The molecule has 0 bridgehead atoms. The minimum atomic E-state index is -0.0250. The first kappa shape index (κ1) is 21.4. The van der Waals surface area contributed by atoms with Crippen LogP contribution in [0.3, 0.4) is 0 Å². The number of H-pyrrole nitrogens is 1. The predicted molar refractivity (Wildman–Crippen MR) is 126 cm³/mol. The van der Waals surface area contributed by atoms with Crippen LogP contribution in [0.15, 0.2) is 58.7 Å². The molecule has 5 rings (SSSR count). The maximum absolute atomic E-state index is 12.3. The van der Waals surface area contributed by atoms with Crippen molar-refractivity contribution in [3.8, 4) is 0 Å². The number of morpholine rings is 1. The number of benzene rings is 1. The quantitative estimate of drug-likeness (QED) is 0.383. The van der Waals surface area contributed by atoms with Crippen LogP contribution in [0.25, 0.3) is 5.52 Å². The molecular formula is C22H24N8O2S. The SMILES string of the molecule is Cc1cc(Nc2nc(Sc3ccc(NC(=O)CN4CCOCC4)cc3)nn3cccc23)n[nH]1. The van der Waals surface area contributed by atoms with Gasteiger partial charge in [-0.3, -0.25) is 14.8 Å². The van der Waals surface area contributed by atoms with Gasteiger partial charge in [-0.15, -0.1) is 5.10 Å². The van der Waals surface area contributed by atoms with Crippen molar-refractivity contribution in [3.05, 3.63) is 54.4 Å². The molecule has 1 aliphatic rings. The number of hydrogen-bond acceptors (Lipinski definition) is 8. The van der Waals surface area contributed by atoms with Gasteiger partial charge in [0.1, 0.15) is 5.52 Å². The van der Waals surface area contributed by atoms with E-state index in [9.17, 15) is 4.79 Å². The van der Waals surface area contributed by atoms with Crippen LogP contribution in [0.4, 0.5) is 17.3 Å². The Bertz CT molecular complexity index is 1250. The summed E-state index contributed by atoms with van der Waals surface area (Å²) in [6.45, 7) is 5.23. The average Bonchev–Trinajstić information content (AvgIpc) is 3.44. The van der Waals surface area contributed by atoms with Gasteiger partial charge in [0.05, 0.1) is 19.8 Å². The van der Waals surface area contributed by atoms with Crippen molar-refractivity contribution in [2.75, 3.05) is 43.5 Å². The van der Waals surface area contributed by atoms with Crippen LogP contribution in [-0.2, 0) is 9.53 Å². The van der Waals surface area contributed by atoms with Crippen LogP contribution in [0.2, 0.25) is 0 Å². The first-order chi connectivity index (χ1) is 16.1. The number of carbonyl (C=O) groups is 1. The molecule has 1 aliphatic heterocycles. The summed E-state index contributed by atoms with van der Waals surface area (Å²) >= 11 is 1.45. The fourth-order valence-electron chi connectivity index (χ4n) is 3.53. The molecule has 0 aliphatic carbocycles. The Morgan fingerprint density at radius 2 is 2.03 bits per heavy atom. The number of nitrogens with zero attached hydrogens (tertiary/aromatic N) is 5. The second-order valence-electron chi connectivity index (χ2n) is 7.71. The number of aromatic amines is 1. The van der Waals surface area contributed by atoms with E-state index in [0.29, 0.717) is 36.6 Å². The Morgan fingerprint density at radius 1 is 1.21 bits per heavy atom.